The number of ketones is 1. The number of rotatable bonds is 11. The van der Waals surface area contributed by atoms with Crippen molar-refractivity contribution in [1.29, 1.82) is 0 Å². The van der Waals surface area contributed by atoms with Crippen LogP contribution in [0.3, 0.4) is 0 Å². The molecule has 4 N–H and O–H groups in total. The Morgan fingerprint density at radius 2 is 1.58 bits per heavy atom. The first-order chi connectivity index (χ1) is 18.0. The van der Waals surface area contributed by atoms with Crippen LogP contribution in [0, 0.1) is 11.8 Å². The van der Waals surface area contributed by atoms with Crippen molar-refractivity contribution in [2.45, 2.75) is 141 Å². The molecule has 2 aliphatic carbocycles. The summed E-state index contributed by atoms with van der Waals surface area (Å²) >= 11 is 0. The predicted molar refractivity (Wildman–Crippen MR) is 147 cm³/mol. The van der Waals surface area contributed by atoms with Crippen LogP contribution < -0.4 is 16.0 Å². The van der Waals surface area contributed by atoms with Gasteiger partial charge in [0, 0.05) is 37.5 Å². The molecular weight excluding hydrogens is 484 g/mol. The average Bonchev–Trinajstić information content (AvgIpc) is 3.34. The van der Waals surface area contributed by atoms with Crippen LogP contribution in [0.5, 0.6) is 0 Å². The summed E-state index contributed by atoms with van der Waals surface area (Å²) in [6.45, 7) is 8.46. The van der Waals surface area contributed by atoms with Gasteiger partial charge in [0.1, 0.15) is 0 Å². The number of urea groups is 1. The van der Waals surface area contributed by atoms with Gasteiger partial charge < -0.3 is 26.0 Å². The molecule has 3 fully saturated rings. The van der Waals surface area contributed by atoms with E-state index in [1.165, 1.54) is 19.3 Å². The Morgan fingerprint density at radius 3 is 2.24 bits per heavy atom. The third kappa shape index (κ3) is 8.68. The van der Waals surface area contributed by atoms with Gasteiger partial charge in [-0.15, -0.1) is 0 Å². The Balaban J connectivity index is 1.43. The van der Waals surface area contributed by atoms with E-state index in [1.54, 1.807) is 4.90 Å². The minimum atomic E-state index is -0.853. The number of nitrogens with one attached hydrogen (secondary N) is 3. The van der Waals surface area contributed by atoms with Crippen molar-refractivity contribution >= 4 is 23.7 Å². The number of carboxylic acids is 1. The quantitative estimate of drug-likeness (QED) is 0.317. The monoisotopic (exact) mass is 534 g/mol. The summed E-state index contributed by atoms with van der Waals surface area (Å²) < 4.78 is 0. The van der Waals surface area contributed by atoms with Gasteiger partial charge >= 0.3 is 12.0 Å². The molecule has 9 heteroatoms. The van der Waals surface area contributed by atoms with Crippen molar-refractivity contribution in [3.05, 3.63) is 0 Å². The average molecular weight is 535 g/mol. The summed E-state index contributed by atoms with van der Waals surface area (Å²) in [6.07, 6.45) is 10.5. The van der Waals surface area contributed by atoms with E-state index >= 15 is 0 Å². The Labute approximate surface area is 228 Å². The first-order valence-electron chi connectivity index (χ1n) is 14.9. The lowest BCUT2D eigenvalue weighted by molar-refractivity contribution is -0.140. The lowest BCUT2D eigenvalue weighted by Gasteiger charge is -2.38. The topological polar surface area (TPSA) is 128 Å². The van der Waals surface area contributed by atoms with Crippen LogP contribution in [0.4, 0.5) is 4.79 Å². The summed E-state index contributed by atoms with van der Waals surface area (Å²) in [5.74, 6) is -0.405. The number of Topliss-reactive ketones (excluding diaryl/α,β-unsaturated/α-hetero) is 1. The van der Waals surface area contributed by atoms with Crippen molar-refractivity contribution in [1.82, 2.24) is 20.9 Å². The number of hydrogen-bond acceptors (Lipinski definition) is 5. The largest absolute Gasteiger partial charge is 0.481 e. The minimum absolute atomic E-state index is 0.0446. The fourth-order valence-corrected chi connectivity index (χ4v) is 6.56. The number of carbonyl (C=O) groups is 4. The molecule has 0 radical (unpaired) electrons. The molecule has 0 aromatic carbocycles. The van der Waals surface area contributed by atoms with Crippen LogP contribution >= 0.6 is 0 Å². The summed E-state index contributed by atoms with van der Waals surface area (Å²) in [7, 11) is 0. The summed E-state index contributed by atoms with van der Waals surface area (Å²) in [4.78, 5) is 51.6. The van der Waals surface area contributed by atoms with Gasteiger partial charge in [-0.05, 0) is 83.5 Å². The van der Waals surface area contributed by atoms with E-state index in [0.717, 1.165) is 38.5 Å². The van der Waals surface area contributed by atoms with Gasteiger partial charge in [0.2, 0.25) is 5.91 Å². The maximum atomic E-state index is 13.6. The lowest BCUT2D eigenvalue weighted by atomic mass is 9.85. The van der Waals surface area contributed by atoms with Crippen LogP contribution in [0.2, 0.25) is 0 Å². The number of carboxylic acid groups (broad SMARTS) is 1. The Hall–Kier alpha value is -2.16. The third-order valence-electron chi connectivity index (χ3n) is 8.92. The molecule has 0 bridgehead atoms. The summed E-state index contributed by atoms with van der Waals surface area (Å²) in [6, 6.07) is 0.125. The van der Waals surface area contributed by atoms with Crippen molar-refractivity contribution in [3.8, 4) is 0 Å². The molecule has 2 saturated carbocycles. The molecule has 3 aliphatic rings. The molecule has 1 heterocycles. The second-order valence-electron chi connectivity index (χ2n) is 12.7. The zero-order valence-corrected chi connectivity index (χ0v) is 23.9. The van der Waals surface area contributed by atoms with Crippen molar-refractivity contribution in [3.63, 3.8) is 0 Å². The number of aliphatic carboxylic acids is 1. The highest BCUT2D eigenvalue weighted by Crippen LogP contribution is 2.27. The van der Waals surface area contributed by atoms with E-state index in [9.17, 15) is 19.2 Å². The molecule has 3 amide bonds. The maximum absolute atomic E-state index is 13.6. The van der Waals surface area contributed by atoms with E-state index < -0.39 is 17.6 Å². The normalized spacial score (nSPS) is 28.9. The van der Waals surface area contributed by atoms with Crippen LogP contribution in [0.25, 0.3) is 0 Å². The van der Waals surface area contributed by atoms with Gasteiger partial charge in [-0.25, -0.2) is 4.79 Å². The first-order valence-corrected chi connectivity index (χ1v) is 14.9. The van der Waals surface area contributed by atoms with Gasteiger partial charge in [0.15, 0.2) is 5.78 Å². The molecule has 0 aromatic rings. The summed E-state index contributed by atoms with van der Waals surface area (Å²) in [5.41, 5.74) is -0.760. The molecule has 3 unspecified atom stereocenters. The van der Waals surface area contributed by atoms with Crippen LogP contribution in [0.1, 0.15) is 111 Å². The standard InChI is InChI=1S/C29H50N4O5/c1-19(18-26(35)36)11-16-25(34)33-17-7-10-24(33)27(37)29(3,4)32-22-14-12-21(13-15-22)30-28(38)31-23-9-6-5-8-20(23)2/h19-24,32H,5-18H2,1-4H3,(H,35,36)(H2,30,31,38)/t19?,20?,21?,22?,23?,24-/m0/s1. The number of amides is 3. The molecule has 216 valence electrons. The molecule has 9 nitrogen and oxygen atoms in total. The van der Waals surface area contributed by atoms with E-state index in [1.807, 2.05) is 20.8 Å². The molecule has 0 aromatic heterocycles. The second-order valence-corrected chi connectivity index (χ2v) is 12.7. The smallest absolute Gasteiger partial charge is 0.315 e. The Bertz CT molecular complexity index is 839. The van der Waals surface area contributed by atoms with E-state index in [4.69, 9.17) is 5.11 Å². The second kappa shape index (κ2) is 13.8. The number of nitrogens with zero attached hydrogens (tertiary/aromatic N) is 1. The van der Waals surface area contributed by atoms with Gasteiger partial charge in [0.05, 0.1) is 11.6 Å². The Kier molecular flexibility index (Phi) is 11.0. The van der Waals surface area contributed by atoms with Crippen LogP contribution in [0.15, 0.2) is 0 Å². The van der Waals surface area contributed by atoms with Crippen molar-refractivity contribution < 1.29 is 24.3 Å². The van der Waals surface area contributed by atoms with Crippen LogP contribution in [-0.2, 0) is 14.4 Å². The highest BCUT2D eigenvalue weighted by atomic mass is 16.4. The minimum Gasteiger partial charge on any atom is -0.481 e. The zero-order chi connectivity index (χ0) is 27.9. The highest BCUT2D eigenvalue weighted by molar-refractivity contribution is 5.95. The van der Waals surface area contributed by atoms with Gasteiger partial charge in [-0.3, -0.25) is 14.4 Å². The van der Waals surface area contributed by atoms with E-state index in [2.05, 4.69) is 22.9 Å². The third-order valence-corrected chi connectivity index (χ3v) is 8.92. The number of carbonyl (C=O) groups excluding carboxylic acids is 3. The van der Waals surface area contributed by atoms with Crippen molar-refractivity contribution in [2.75, 3.05) is 6.54 Å². The molecule has 1 aliphatic heterocycles. The molecule has 3 rings (SSSR count). The van der Waals surface area contributed by atoms with Gasteiger partial charge in [-0.1, -0.05) is 26.7 Å². The molecule has 4 atom stereocenters. The number of likely N-dealkylation sites (tertiary alicyclic amines) is 1. The highest BCUT2D eigenvalue weighted by Gasteiger charge is 2.42. The maximum Gasteiger partial charge on any atom is 0.315 e. The number of hydrogen-bond donors (Lipinski definition) is 4. The van der Waals surface area contributed by atoms with E-state index in [0.29, 0.717) is 25.3 Å². The van der Waals surface area contributed by atoms with Gasteiger partial charge in [-0.2, -0.15) is 0 Å². The Morgan fingerprint density at radius 1 is 0.921 bits per heavy atom. The summed E-state index contributed by atoms with van der Waals surface area (Å²) in [5, 5.41) is 18.9. The molecular formula is C29H50N4O5. The lowest BCUT2D eigenvalue weighted by Crippen LogP contribution is -2.59. The first kappa shape index (κ1) is 30.4. The SMILES string of the molecule is CC(CCC(=O)N1CCC[C@H]1C(=O)C(C)(C)NC1CCC(NC(=O)NC2CCCCC2C)CC1)CC(=O)O. The molecule has 38 heavy (non-hydrogen) atoms. The fraction of sp³-hybridized carbons (Fsp3) is 0.862. The predicted octanol–water partition coefficient (Wildman–Crippen LogP) is 3.99. The van der Waals surface area contributed by atoms with Crippen molar-refractivity contribution in [2.24, 2.45) is 11.8 Å². The van der Waals surface area contributed by atoms with Crippen LogP contribution in [-0.4, -0.2) is 69.9 Å². The molecule has 0 spiro atoms. The fourth-order valence-electron chi connectivity index (χ4n) is 6.56. The van der Waals surface area contributed by atoms with E-state index in [-0.39, 0.29) is 54.6 Å². The molecule has 1 saturated heterocycles. The zero-order valence-electron chi connectivity index (χ0n) is 23.9. The van der Waals surface area contributed by atoms with Gasteiger partial charge in [0.25, 0.3) is 0 Å².